The van der Waals surface area contributed by atoms with Crippen LogP contribution in [0.15, 0.2) is 18.6 Å². The van der Waals surface area contributed by atoms with E-state index in [1.54, 1.807) is 4.90 Å². The Morgan fingerprint density at radius 1 is 1.04 bits per heavy atom. The Morgan fingerprint density at radius 3 is 2.35 bits per heavy atom. The van der Waals surface area contributed by atoms with Gasteiger partial charge in [-0.1, -0.05) is 54.4 Å². The van der Waals surface area contributed by atoms with Gasteiger partial charge < -0.3 is 15.3 Å². The molecule has 1 saturated heterocycles. The predicted octanol–water partition coefficient (Wildman–Crippen LogP) is 4.59. The fraction of sp³-hybridized carbons (Fsp3) is 0.750. The molecule has 3 aliphatic rings. The van der Waals surface area contributed by atoms with E-state index >= 15 is 0 Å². The van der Waals surface area contributed by atoms with E-state index in [1.807, 2.05) is 41.5 Å². The number of rotatable bonds is 16. The molecule has 1 aromatic heterocycles. The molecule has 2 N–H and O–H groups in total. The third-order valence-electron chi connectivity index (χ3n) is 10.4. The normalized spacial score (nSPS) is 23.8. The summed E-state index contributed by atoms with van der Waals surface area (Å²) in [5, 5.41) is 14.0. The fourth-order valence-electron chi connectivity index (χ4n) is 7.50. The first-order valence-corrected chi connectivity index (χ1v) is 17.4. The summed E-state index contributed by atoms with van der Waals surface area (Å²) >= 11 is 0. The van der Waals surface area contributed by atoms with Gasteiger partial charge in [0.2, 0.25) is 11.8 Å². The summed E-state index contributed by atoms with van der Waals surface area (Å²) in [4.78, 5) is 77.9. The second-order valence-corrected chi connectivity index (χ2v) is 15.4. The molecule has 0 radical (unpaired) electrons. The summed E-state index contributed by atoms with van der Waals surface area (Å²) < 4.78 is 0. The molecular weight excluding hydrogens is 584 g/mol. The molecule has 2 amide bonds. The van der Waals surface area contributed by atoms with Crippen LogP contribution < -0.4 is 5.32 Å². The molecule has 1 aliphatic heterocycles. The average Bonchev–Trinajstić information content (AvgIpc) is 3.57. The van der Waals surface area contributed by atoms with Gasteiger partial charge in [-0.05, 0) is 67.1 Å². The molecule has 2 saturated carbocycles. The van der Waals surface area contributed by atoms with Gasteiger partial charge in [-0.25, -0.2) is 4.98 Å². The maximum atomic E-state index is 14.5. The minimum Gasteiger partial charge on any atom is -0.385 e. The van der Waals surface area contributed by atoms with E-state index in [-0.39, 0.29) is 65.5 Å². The van der Waals surface area contributed by atoms with E-state index in [1.165, 1.54) is 18.6 Å². The Bertz CT molecular complexity index is 1260. The third kappa shape index (κ3) is 8.66. The number of nitrogens with one attached hydrogen (secondary N) is 1. The highest BCUT2D eigenvalue weighted by Gasteiger charge is 2.52. The minimum absolute atomic E-state index is 0.0300. The quantitative estimate of drug-likeness (QED) is 0.250. The number of carbonyl (C=O) groups is 5. The van der Waals surface area contributed by atoms with E-state index in [0.29, 0.717) is 25.3 Å². The number of carbonyl (C=O) groups excluding carboxylic acids is 5. The zero-order valence-electron chi connectivity index (χ0n) is 28.5. The van der Waals surface area contributed by atoms with Crippen LogP contribution >= 0.6 is 0 Å². The molecule has 0 spiro atoms. The van der Waals surface area contributed by atoms with Crippen molar-refractivity contribution in [1.82, 2.24) is 20.2 Å². The van der Waals surface area contributed by atoms with Crippen molar-refractivity contribution in [2.75, 3.05) is 6.54 Å². The van der Waals surface area contributed by atoms with Crippen LogP contribution in [-0.2, 0) is 19.2 Å². The van der Waals surface area contributed by atoms with Crippen LogP contribution in [0.4, 0.5) is 0 Å². The van der Waals surface area contributed by atoms with E-state index in [2.05, 4.69) is 15.3 Å². The van der Waals surface area contributed by atoms with Crippen molar-refractivity contribution >= 4 is 29.2 Å². The van der Waals surface area contributed by atoms with Gasteiger partial charge in [-0.3, -0.25) is 29.0 Å². The van der Waals surface area contributed by atoms with Gasteiger partial charge in [-0.15, -0.1) is 0 Å². The first kappa shape index (κ1) is 35.8. The molecule has 10 heteroatoms. The summed E-state index contributed by atoms with van der Waals surface area (Å²) in [5.74, 6) is -2.02. The van der Waals surface area contributed by atoms with Crippen molar-refractivity contribution in [1.29, 1.82) is 0 Å². The van der Waals surface area contributed by atoms with Gasteiger partial charge in [0.1, 0.15) is 17.8 Å². The van der Waals surface area contributed by atoms with Gasteiger partial charge in [0.25, 0.3) is 0 Å². The van der Waals surface area contributed by atoms with Crippen LogP contribution in [0.25, 0.3) is 0 Å². The zero-order valence-corrected chi connectivity index (χ0v) is 28.5. The molecular formula is C36H54N4O6. The number of ketones is 3. The second kappa shape index (κ2) is 15.3. The lowest BCUT2D eigenvalue weighted by Gasteiger charge is -2.37. The van der Waals surface area contributed by atoms with Gasteiger partial charge in [0.05, 0.1) is 12.2 Å². The van der Waals surface area contributed by atoms with Gasteiger partial charge in [-0.2, -0.15) is 0 Å². The van der Waals surface area contributed by atoms with E-state index in [4.69, 9.17) is 0 Å². The molecule has 0 bridgehead atoms. The Morgan fingerprint density at radius 2 is 1.76 bits per heavy atom. The maximum Gasteiger partial charge on any atom is 0.246 e. The summed E-state index contributed by atoms with van der Waals surface area (Å²) in [5.41, 5.74) is -0.486. The average molecular weight is 639 g/mol. The molecule has 3 fully saturated rings. The summed E-state index contributed by atoms with van der Waals surface area (Å²) in [6.45, 7) is 11.8. The lowest BCUT2D eigenvalue weighted by molar-refractivity contribution is -0.145. The summed E-state index contributed by atoms with van der Waals surface area (Å²) in [6, 6.07) is -1.56. The number of fused-ring (bicyclic) bond motifs is 1. The molecule has 0 aromatic carbocycles. The van der Waals surface area contributed by atoms with Gasteiger partial charge in [0.15, 0.2) is 17.3 Å². The van der Waals surface area contributed by atoms with E-state index in [0.717, 1.165) is 38.5 Å². The molecule has 254 valence electrons. The van der Waals surface area contributed by atoms with Crippen LogP contribution in [0.3, 0.4) is 0 Å². The van der Waals surface area contributed by atoms with Gasteiger partial charge >= 0.3 is 0 Å². The summed E-state index contributed by atoms with van der Waals surface area (Å²) in [6.07, 6.45) is 9.58. The van der Waals surface area contributed by atoms with Crippen molar-refractivity contribution in [3.63, 3.8) is 0 Å². The number of aliphatic hydroxyl groups is 1. The Hall–Kier alpha value is -3.01. The maximum absolute atomic E-state index is 14.5. The SMILES string of the molecule is CCCC(CC(=O)C1[C@H]2CCC[C@H]2CN1C(=O)[C@@H](NC(=O)[C@@H](CC(=O)c1cnccn1)C(C)C)C(C)(C)C)C(O)C(=O)CC1CC1. The summed E-state index contributed by atoms with van der Waals surface area (Å²) in [7, 11) is 0. The highest BCUT2D eigenvalue weighted by atomic mass is 16.3. The molecule has 2 heterocycles. The molecule has 3 unspecified atom stereocenters. The number of Topliss-reactive ketones (excluding diaryl/α,β-unsaturated/α-hetero) is 3. The number of hydrogen-bond donors (Lipinski definition) is 2. The highest BCUT2D eigenvalue weighted by molar-refractivity contribution is 5.98. The second-order valence-electron chi connectivity index (χ2n) is 15.4. The van der Waals surface area contributed by atoms with Gasteiger partial charge in [0, 0.05) is 44.1 Å². The van der Waals surface area contributed by atoms with Crippen LogP contribution in [0.2, 0.25) is 0 Å². The number of hydrogen-bond acceptors (Lipinski definition) is 8. The molecule has 46 heavy (non-hydrogen) atoms. The third-order valence-corrected chi connectivity index (χ3v) is 10.4. The largest absolute Gasteiger partial charge is 0.385 e. The first-order chi connectivity index (χ1) is 21.7. The number of aliphatic hydroxyl groups excluding tert-OH is 1. The molecule has 4 rings (SSSR count). The van der Waals surface area contributed by atoms with E-state index in [9.17, 15) is 29.1 Å². The topological polar surface area (TPSA) is 147 Å². The standard InChI is InChI=1S/C36H54N4O6/c1-7-9-23(32(44)30(43)16-22-12-13-22)17-29(42)31-25-11-8-10-24(25)20-40(31)35(46)33(36(4,5)6)39-34(45)26(21(2)3)18-28(41)27-19-37-14-15-38-27/h14-15,19,21-26,31-33,44H,7-13,16-18,20H2,1-6H3,(H,39,45)/t23?,24-,25-,26-,31?,32?,33+/m0/s1. The fourth-order valence-corrected chi connectivity index (χ4v) is 7.50. The number of amides is 2. The molecule has 10 nitrogen and oxygen atoms in total. The Kier molecular flexibility index (Phi) is 11.9. The van der Waals surface area contributed by atoms with Crippen molar-refractivity contribution in [2.45, 2.75) is 124 Å². The lowest BCUT2D eigenvalue weighted by Crippen LogP contribution is -2.58. The van der Waals surface area contributed by atoms with Crippen molar-refractivity contribution in [2.24, 2.45) is 40.9 Å². The Balaban J connectivity index is 1.53. The number of aromatic nitrogens is 2. The van der Waals surface area contributed by atoms with Crippen molar-refractivity contribution in [3.05, 3.63) is 24.3 Å². The van der Waals surface area contributed by atoms with Crippen LogP contribution in [0.5, 0.6) is 0 Å². The monoisotopic (exact) mass is 638 g/mol. The van der Waals surface area contributed by atoms with Crippen molar-refractivity contribution in [3.8, 4) is 0 Å². The van der Waals surface area contributed by atoms with Crippen LogP contribution in [0, 0.1) is 40.9 Å². The van der Waals surface area contributed by atoms with Crippen LogP contribution in [-0.4, -0.2) is 73.9 Å². The highest BCUT2D eigenvalue weighted by Crippen LogP contribution is 2.44. The first-order valence-electron chi connectivity index (χ1n) is 17.4. The predicted molar refractivity (Wildman–Crippen MR) is 173 cm³/mol. The number of nitrogens with zero attached hydrogens (tertiary/aromatic N) is 3. The minimum atomic E-state index is -1.17. The van der Waals surface area contributed by atoms with Crippen LogP contribution in [0.1, 0.15) is 116 Å². The van der Waals surface area contributed by atoms with Crippen molar-refractivity contribution < 1.29 is 29.1 Å². The lowest BCUT2D eigenvalue weighted by atomic mass is 9.82. The Labute approximate surface area is 273 Å². The molecule has 2 aliphatic carbocycles. The molecule has 1 aromatic rings. The molecule has 7 atom stereocenters. The smallest absolute Gasteiger partial charge is 0.246 e. The number of likely N-dealkylation sites (tertiary alicyclic amines) is 1. The zero-order chi connectivity index (χ0) is 33.8. The van der Waals surface area contributed by atoms with E-state index < -0.39 is 35.4 Å².